The Bertz CT molecular complexity index is 889. The molecule has 2 amide bonds. The van der Waals surface area contributed by atoms with Gasteiger partial charge in [-0.25, -0.2) is 4.98 Å². The Morgan fingerprint density at radius 1 is 0.897 bits per heavy atom. The van der Waals surface area contributed by atoms with Gasteiger partial charge < -0.3 is 15.4 Å². The van der Waals surface area contributed by atoms with Crippen LogP contribution in [-0.2, 0) is 9.59 Å². The minimum atomic E-state index is -0.729. The van der Waals surface area contributed by atoms with Gasteiger partial charge in [0.05, 0.1) is 19.0 Å². The zero-order chi connectivity index (χ0) is 20.5. The van der Waals surface area contributed by atoms with Crippen LogP contribution in [0.25, 0.3) is 0 Å². The zero-order valence-corrected chi connectivity index (χ0v) is 16.2. The first-order valence-electron chi connectivity index (χ1n) is 9.36. The molecule has 29 heavy (non-hydrogen) atoms. The first-order valence-corrected chi connectivity index (χ1v) is 9.36. The Kier molecular flexibility index (Phi) is 6.95. The molecule has 1 aromatic heterocycles. The van der Waals surface area contributed by atoms with Gasteiger partial charge in [-0.1, -0.05) is 60.7 Å². The van der Waals surface area contributed by atoms with Crippen molar-refractivity contribution in [1.82, 2.24) is 10.3 Å². The molecule has 1 heterocycles. The molecule has 2 N–H and O–H groups in total. The first-order chi connectivity index (χ1) is 14.2. The van der Waals surface area contributed by atoms with Crippen LogP contribution < -0.4 is 15.4 Å². The highest BCUT2D eigenvalue weighted by molar-refractivity contribution is 6.39. The molecule has 148 valence electrons. The minimum Gasteiger partial charge on any atom is -0.481 e. The summed E-state index contributed by atoms with van der Waals surface area (Å²) in [5, 5.41) is 5.22. The molecule has 0 aliphatic carbocycles. The normalized spacial score (nSPS) is 10.4. The number of anilines is 1. The van der Waals surface area contributed by atoms with E-state index in [1.165, 1.54) is 24.4 Å². The van der Waals surface area contributed by atoms with Crippen molar-refractivity contribution >= 4 is 17.5 Å². The van der Waals surface area contributed by atoms with Crippen molar-refractivity contribution in [2.45, 2.75) is 12.3 Å². The fourth-order valence-electron chi connectivity index (χ4n) is 3.07. The molecule has 0 spiro atoms. The van der Waals surface area contributed by atoms with Gasteiger partial charge in [0.25, 0.3) is 0 Å². The van der Waals surface area contributed by atoms with E-state index in [0.29, 0.717) is 24.5 Å². The molecule has 0 aliphatic heterocycles. The van der Waals surface area contributed by atoms with Crippen molar-refractivity contribution < 1.29 is 14.3 Å². The number of pyridine rings is 1. The van der Waals surface area contributed by atoms with Crippen LogP contribution in [0.1, 0.15) is 23.5 Å². The highest BCUT2D eigenvalue weighted by Crippen LogP contribution is 2.27. The van der Waals surface area contributed by atoms with Crippen LogP contribution >= 0.6 is 0 Å². The number of carbonyl (C=O) groups is 2. The number of rotatable bonds is 7. The number of carbonyl (C=O) groups excluding carboxylic acids is 2. The van der Waals surface area contributed by atoms with Crippen LogP contribution in [0, 0.1) is 0 Å². The standard InChI is InChI=1S/C23H23N3O3/c1-29-21-13-12-19(16-25-21)26-23(28)22(27)24-15-14-20(17-8-4-2-5-9-17)18-10-6-3-7-11-18/h2-13,16,20H,14-15H2,1H3,(H,24,27)(H,26,28). The second-order valence-corrected chi connectivity index (χ2v) is 6.46. The molecular weight excluding hydrogens is 366 g/mol. The SMILES string of the molecule is COc1ccc(NC(=O)C(=O)NCCC(c2ccccc2)c2ccccc2)cn1. The Labute approximate surface area is 169 Å². The molecule has 6 heteroatoms. The van der Waals surface area contributed by atoms with E-state index in [9.17, 15) is 9.59 Å². The molecule has 3 aromatic rings. The number of ether oxygens (including phenoxy) is 1. The lowest BCUT2D eigenvalue weighted by Gasteiger charge is -2.18. The van der Waals surface area contributed by atoms with Crippen LogP contribution in [0.15, 0.2) is 79.0 Å². The molecule has 0 bridgehead atoms. The fourth-order valence-corrected chi connectivity index (χ4v) is 3.07. The van der Waals surface area contributed by atoms with Crippen LogP contribution in [0.3, 0.4) is 0 Å². The topological polar surface area (TPSA) is 80.3 Å². The second-order valence-electron chi connectivity index (χ2n) is 6.46. The van der Waals surface area contributed by atoms with E-state index in [-0.39, 0.29) is 5.92 Å². The van der Waals surface area contributed by atoms with Gasteiger partial charge in [0.15, 0.2) is 0 Å². The van der Waals surface area contributed by atoms with Crippen molar-refractivity contribution in [2.75, 3.05) is 19.0 Å². The lowest BCUT2D eigenvalue weighted by Crippen LogP contribution is -2.36. The summed E-state index contributed by atoms with van der Waals surface area (Å²) in [6, 6.07) is 23.5. The molecule has 0 radical (unpaired) electrons. The van der Waals surface area contributed by atoms with Crippen molar-refractivity contribution in [3.63, 3.8) is 0 Å². The molecule has 0 fully saturated rings. The van der Waals surface area contributed by atoms with E-state index in [1.54, 1.807) is 12.1 Å². The predicted molar refractivity (Wildman–Crippen MR) is 112 cm³/mol. The maximum absolute atomic E-state index is 12.2. The minimum absolute atomic E-state index is 0.131. The summed E-state index contributed by atoms with van der Waals surface area (Å²) in [6.07, 6.45) is 2.11. The van der Waals surface area contributed by atoms with Crippen LogP contribution in [0.5, 0.6) is 5.88 Å². The average Bonchev–Trinajstić information content (AvgIpc) is 2.78. The van der Waals surface area contributed by atoms with E-state index in [2.05, 4.69) is 39.9 Å². The molecular formula is C23H23N3O3. The lowest BCUT2D eigenvalue weighted by molar-refractivity contribution is -0.136. The molecule has 0 aliphatic rings. The summed E-state index contributed by atoms with van der Waals surface area (Å²) in [7, 11) is 1.51. The van der Waals surface area contributed by atoms with E-state index >= 15 is 0 Å². The quantitative estimate of drug-likeness (QED) is 0.607. The Morgan fingerprint density at radius 3 is 2.03 bits per heavy atom. The predicted octanol–water partition coefficient (Wildman–Crippen LogP) is 3.37. The average molecular weight is 389 g/mol. The molecule has 3 rings (SSSR count). The highest BCUT2D eigenvalue weighted by atomic mass is 16.5. The third kappa shape index (κ3) is 5.65. The van der Waals surface area contributed by atoms with Crippen LogP contribution in [0.4, 0.5) is 5.69 Å². The number of hydrogen-bond acceptors (Lipinski definition) is 4. The van der Waals surface area contributed by atoms with Gasteiger partial charge in [-0.2, -0.15) is 0 Å². The molecule has 0 unspecified atom stereocenters. The van der Waals surface area contributed by atoms with E-state index < -0.39 is 11.8 Å². The number of methoxy groups -OCH3 is 1. The van der Waals surface area contributed by atoms with Gasteiger partial charge in [0.2, 0.25) is 5.88 Å². The molecule has 0 saturated heterocycles. The smallest absolute Gasteiger partial charge is 0.313 e. The fraction of sp³-hybridized carbons (Fsp3) is 0.174. The number of amides is 2. The number of benzene rings is 2. The van der Waals surface area contributed by atoms with Gasteiger partial charge in [-0.05, 0) is 23.6 Å². The maximum atomic E-state index is 12.2. The molecule has 2 aromatic carbocycles. The van der Waals surface area contributed by atoms with Crippen molar-refractivity contribution in [2.24, 2.45) is 0 Å². The van der Waals surface area contributed by atoms with E-state index in [0.717, 1.165) is 0 Å². The maximum Gasteiger partial charge on any atom is 0.313 e. The van der Waals surface area contributed by atoms with E-state index in [4.69, 9.17) is 4.74 Å². The summed E-state index contributed by atoms with van der Waals surface area (Å²) in [4.78, 5) is 28.3. The van der Waals surface area contributed by atoms with Gasteiger partial charge >= 0.3 is 11.8 Å². The van der Waals surface area contributed by atoms with Crippen molar-refractivity contribution in [3.05, 3.63) is 90.1 Å². The van der Waals surface area contributed by atoms with Gasteiger partial charge in [0.1, 0.15) is 0 Å². The number of aromatic nitrogens is 1. The monoisotopic (exact) mass is 389 g/mol. The Hall–Kier alpha value is -3.67. The summed E-state index contributed by atoms with van der Waals surface area (Å²) >= 11 is 0. The van der Waals surface area contributed by atoms with Gasteiger partial charge in [-0.15, -0.1) is 0 Å². The zero-order valence-electron chi connectivity index (χ0n) is 16.2. The number of hydrogen-bond donors (Lipinski definition) is 2. The second kappa shape index (κ2) is 10.0. The van der Waals surface area contributed by atoms with Gasteiger partial charge in [-0.3, -0.25) is 9.59 Å². The molecule has 0 saturated carbocycles. The summed E-state index contributed by atoms with van der Waals surface area (Å²) < 4.78 is 4.97. The number of nitrogens with zero attached hydrogens (tertiary/aromatic N) is 1. The summed E-state index contributed by atoms with van der Waals surface area (Å²) in [5.41, 5.74) is 2.76. The van der Waals surface area contributed by atoms with E-state index in [1.807, 2.05) is 36.4 Å². The van der Waals surface area contributed by atoms with Crippen molar-refractivity contribution in [3.8, 4) is 5.88 Å². The number of nitrogens with one attached hydrogen (secondary N) is 2. The van der Waals surface area contributed by atoms with Crippen molar-refractivity contribution in [1.29, 1.82) is 0 Å². The van der Waals surface area contributed by atoms with Crippen LogP contribution in [0.2, 0.25) is 0 Å². The highest BCUT2D eigenvalue weighted by Gasteiger charge is 2.17. The molecule has 6 nitrogen and oxygen atoms in total. The lowest BCUT2D eigenvalue weighted by atomic mass is 9.88. The van der Waals surface area contributed by atoms with Crippen LogP contribution in [-0.4, -0.2) is 30.5 Å². The Balaban J connectivity index is 1.57. The largest absolute Gasteiger partial charge is 0.481 e. The summed E-state index contributed by atoms with van der Waals surface area (Å²) in [6.45, 7) is 0.377. The summed E-state index contributed by atoms with van der Waals surface area (Å²) in [5.74, 6) is -0.847. The first kappa shape index (κ1) is 20.1. The molecule has 0 atom stereocenters. The Morgan fingerprint density at radius 2 is 1.52 bits per heavy atom. The third-order valence-corrected chi connectivity index (χ3v) is 4.53. The third-order valence-electron chi connectivity index (χ3n) is 4.53. The van der Waals surface area contributed by atoms with Gasteiger partial charge in [0, 0.05) is 18.5 Å².